The van der Waals surface area contributed by atoms with Gasteiger partial charge in [-0.1, -0.05) is 49.1 Å². The van der Waals surface area contributed by atoms with Gasteiger partial charge in [0, 0.05) is 5.56 Å². The van der Waals surface area contributed by atoms with Crippen LogP contribution in [0.2, 0.25) is 0 Å². The van der Waals surface area contributed by atoms with Crippen LogP contribution in [0.25, 0.3) is 28.5 Å². The highest BCUT2D eigenvalue weighted by molar-refractivity contribution is 5.92. The molecule has 2 N–H and O–H groups in total. The van der Waals surface area contributed by atoms with E-state index in [9.17, 15) is 9.18 Å². The number of amides is 1. The number of nitrogens with two attached hydrogens (primary N) is 1. The minimum Gasteiger partial charge on any atom is -0.364 e. The van der Waals surface area contributed by atoms with Crippen LogP contribution < -0.4 is 5.73 Å². The van der Waals surface area contributed by atoms with E-state index in [2.05, 4.69) is 11.6 Å². The average Bonchev–Trinajstić information content (AvgIpc) is 2.62. The lowest BCUT2D eigenvalue weighted by molar-refractivity contribution is 0.0995. The Balaban J connectivity index is 1.99. The Labute approximate surface area is 139 Å². The van der Waals surface area contributed by atoms with Crippen molar-refractivity contribution in [2.45, 2.75) is 0 Å². The summed E-state index contributed by atoms with van der Waals surface area (Å²) in [7, 11) is 0. The van der Waals surface area contributed by atoms with Gasteiger partial charge >= 0.3 is 0 Å². The number of carbonyl (C=O) groups is 1. The first-order valence-electron chi connectivity index (χ1n) is 7.37. The van der Waals surface area contributed by atoms with Gasteiger partial charge in [0.15, 0.2) is 0 Å². The predicted molar refractivity (Wildman–Crippen MR) is 93.7 cm³/mol. The second kappa shape index (κ2) is 6.46. The van der Waals surface area contributed by atoms with E-state index in [0.717, 1.165) is 22.3 Å². The van der Waals surface area contributed by atoms with Gasteiger partial charge in [-0.2, -0.15) is 0 Å². The molecule has 3 rings (SSSR count). The third-order valence-corrected chi connectivity index (χ3v) is 3.69. The van der Waals surface area contributed by atoms with Gasteiger partial charge in [-0.15, -0.1) is 0 Å². The largest absolute Gasteiger partial charge is 0.364 e. The SMILES string of the molecule is C=Cc1cc(C(N)=O)nc(-c2ccc(-c3ccc(F)cc3)cc2)c1. The van der Waals surface area contributed by atoms with Crippen molar-refractivity contribution >= 4 is 12.0 Å². The van der Waals surface area contributed by atoms with Gasteiger partial charge in [-0.3, -0.25) is 4.79 Å². The summed E-state index contributed by atoms with van der Waals surface area (Å²) in [6.45, 7) is 3.72. The van der Waals surface area contributed by atoms with Crippen molar-refractivity contribution in [3.05, 3.63) is 84.3 Å². The quantitative estimate of drug-likeness (QED) is 0.780. The summed E-state index contributed by atoms with van der Waals surface area (Å²) >= 11 is 0. The number of nitrogens with zero attached hydrogens (tertiary/aromatic N) is 1. The van der Waals surface area contributed by atoms with Crippen molar-refractivity contribution in [2.24, 2.45) is 5.73 Å². The molecule has 118 valence electrons. The van der Waals surface area contributed by atoms with Gasteiger partial charge in [-0.25, -0.2) is 9.37 Å². The third-order valence-electron chi connectivity index (χ3n) is 3.69. The van der Waals surface area contributed by atoms with Crippen molar-refractivity contribution in [1.82, 2.24) is 4.98 Å². The molecule has 2 aromatic carbocycles. The predicted octanol–water partition coefficient (Wildman–Crippen LogP) is 4.30. The normalized spacial score (nSPS) is 10.4. The molecule has 0 saturated carbocycles. The van der Waals surface area contributed by atoms with Crippen molar-refractivity contribution in [3.8, 4) is 22.4 Å². The first-order chi connectivity index (χ1) is 11.6. The van der Waals surface area contributed by atoms with Crippen LogP contribution in [0.3, 0.4) is 0 Å². The summed E-state index contributed by atoms with van der Waals surface area (Å²) in [5, 5.41) is 0. The van der Waals surface area contributed by atoms with Crippen molar-refractivity contribution in [2.75, 3.05) is 0 Å². The summed E-state index contributed by atoms with van der Waals surface area (Å²) in [5.41, 5.74) is 9.69. The second-order valence-corrected chi connectivity index (χ2v) is 5.32. The molecule has 24 heavy (non-hydrogen) atoms. The average molecular weight is 318 g/mol. The standard InChI is InChI=1S/C20H15FN2O/c1-2-13-11-18(23-19(12-13)20(22)24)16-5-3-14(4-6-16)15-7-9-17(21)10-8-15/h2-12H,1H2,(H2,22,24). The lowest BCUT2D eigenvalue weighted by atomic mass is 10.0. The van der Waals surface area contributed by atoms with E-state index in [1.54, 1.807) is 24.3 Å². The van der Waals surface area contributed by atoms with Gasteiger partial charge in [0.1, 0.15) is 11.5 Å². The summed E-state index contributed by atoms with van der Waals surface area (Å²) in [5.74, 6) is -0.845. The van der Waals surface area contributed by atoms with E-state index in [-0.39, 0.29) is 11.5 Å². The number of pyridine rings is 1. The maximum atomic E-state index is 13.0. The van der Waals surface area contributed by atoms with Gasteiger partial charge in [0.05, 0.1) is 5.69 Å². The molecule has 0 aliphatic carbocycles. The molecule has 3 aromatic rings. The maximum absolute atomic E-state index is 13.0. The zero-order valence-corrected chi connectivity index (χ0v) is 12.9. The molecule has 0 radical (unpaired) electrons. The van der Waals surface area contributed by atoms with Gasteiger partial charge in [0.2, 0.25) is 0 Å². The van der Waals surface area contributed by atoms with Crippen LogP contribution in [-0.4, -0.2) is 10.9 Å². The first-order valence-corrected chi connectivity index (χ1v) is 7.37. The number of carbonyl (C=O) groups excluding carboxylic acids is 1. The monoisotopic (exact) mass is 318 g/mol. The van der Waals surface area contributed by atoms with Crippen LogP contribution in [0, 0.1) is 5.82 Å². The van der Waals surface area contributed by atoms with E-state index in [4.69, 9.17) is 5.73 Å². The minimum atomic E-state index is -0.581. The number of hydrogen-bond donors (Lipinski definition) is 1. The van der Waals surface area contributed by atoms with Crippen molar-refractivity contribution in [3.63, 3.8) is 0 Å². The van der Waals surface area contributed by atoms with E-state index in [0.29, 0.717) is 5.69 Å². The fourth-order valence-electron chi connectivity index (χ4n) is 2.42. The highest BCUT2D eigenvalue weighted by Gasteiger charge is 2.08. The minimum absolute atomic E-state index is 0.199. The summed E-state index contributed by atoms with van der Waals surface area (Å²) < 4.78 is 13.0. The Morgan fingerprint density at radius 2 is 1.50 bits per heavy atom. The van der Waals surface area contributed by atoms with Gasteiger partial charge in [0.25, 0.3) is 5.91 Å². The van der Waals surface area contributed by atoms with E-state index in [1.165, 1.54) is 12.1 Å². The number of primary amides is 1. The highest BCUT2D eigenvalue weighted by atomic mass is 19.1. The van der Waals surface area contributed by atoms with E-state index >= 15 is 0 Å². The lowest BCUT2D eigenvalue weighted by Gasteiger charge is -2.07. The first kappa shape index (κ1) is 15.6. The highest BCUT2D eigenvalue weighted by Crippen LogP contribution is 2.25. The molecule has 0 fully saturated rings. The molecule has 1 aromatic heterocycles. The van der Waals surface area contributed by atoms with E-state index < -0.39 is 5.91 Å². The Kier molecular flexibility index (Phi) is 4.20. The van der Waals surface area contributed by atoms with Crippen molar-refractivity contribution < 1.29 is 9.18 Å². The molecule has 0 bridgehead atoms. The molecule has 0 aliphatic heterocycles. The summed E-state index contributed by atoms with van der Waals surface area (Å²) in [6.07, 6.45) is 1.64. The van der Waals surface area contributed by atoms with Crippen LogP contribution in [0.4, 0.5) is 4.39 Å². The fourth-order valence-corrected chi connectivity index (χ4v) is 2.42. The molecule has 1 amide bonds. The molecule has 0 saturated heterocycles. The Bertz CT molecular complexity index is 900. The number of aromatic nitrogens is 1. The number of benzene rings is 2. The van der Waals surface area contributed by atoms with Crippen molar-refractivity contribution in [1.29, 1.82) is 0 Å². The van der Waals surface area contributed by atoms with Crippen LogP contribution >= 0.6 is 0 Å². The molecule has 0 spiro atoms. The Hall–Kier alpha value is -3.27. The Morgan fingerprint density at radius 3 is 2.04 bits per heavy atom. The third kappa shape index (κ3) is 3.22. The lowest BCUT2D eigenvalue weighted by Crippen LogP contribution is -2.13. The fraction of sp³-hybridized carbons (Fsp3) is 0. The summed E-state index contributed by atoms with van der Waals surface area (Å²) in [4.78, 5) is 15.7. The molecule has 1 heterocycles. The molecule has 0 atom stereocenters. The number of halogens is 1. The van der Waals surface area contributed by atoms with Crippen LogP contribution in [0.5, 0.6) is 0 Å². The topological polar surface area (TPSA) is 56.0 Å². The van der Waals surface area contributed by atoms with E-state index in [1.807, 2.05) is 30.3 Å². The zero-order chi connectivity index (χ0) is 17.1. The molecular weight excluding hydrogens is 303 g/mol. The molecule has 4 heteroatoms. The zero-order valence-electron chi connectivity index (χ0n) is 12.9. The van der Waals surface area contributed by atoms with Crippen LogP contribution in [-0.2, 0) is 0 Å². The summed E-state index contributed by atoms with van der Waals surface area (Å²) in [6, 6.07) is 17.4. The Morgan fingerprint density at radius 1 is 0.958 bits per heavy atom. The van der Waals surface area contributed by atoms with Gasteiger partial charge < -0.3 is 5.73 Å². The second-order valence-electron chi connectivity index (χ2n) is 5.32. The maximum Gasteiger partial charge on any atom is 0.267 e. The molecular formula is C20H15FN2O. The van der Waals surface area contributed by atoms with Crippen LogP contribution in [0.1, 0.15) is 16.1 Å². The number of rotatable bonds is 4. The number of hydrogen-bond acceptors (Lipinski definition) is 2. The molecule has 0 aliphatic rings. The van der Waals surface area contributed by atoms with Crippen LogP contribution in [0.15, 0.2) is 67.2 Å². The smallest absolute Gasteiger partial charge is 0.267 e. The molecule has 3 nitrogen and oxygen atoms in total. The molecule has 0 unspecified atom stereocenters. The van der Waals surface area contributed by atoms with Gasteiger partial charge in [-0.05, 0) is 41.0 Å².